The average molecular weight is 488 g/mol. The molecule has 35 heavy (non-hydrogen) atoms. The lowest BCUT2D eigenvalue weighted by Crippen LogP contribution is -2.37. The fourth-order valence-electron chi connectivity index (χ4n) is 5.68. The first kappa shape index (κ1) is 22.5. The summed E-state index contributed by atoms with van der Waals surface area (Å²) in [4.78, 5) is 20.4. The molecular formula is C27H33N7S. The van der Waals surface area contributed by atoms with Gasteiger partial charge in [0.2, 0.25) is 0 Å². The zero-order chi connectivity index (χ0) is 24.3. The Kier molecular flexibility index (Phi) is 5.53. The Balaban J connectivity index is 1.41. The van der Waals surface area contributed by atoms with Crippen molar-refractivity contribution < 1.29 is 0 Å². The molecule has 8 heteroatoms. The number of allylic oxidation sites excluding steroid dienone is 2. The van der Waals surface area contributed by atoms with Crippen molar-refractivity contribution in [2.45, 2.75) is 65.5 Å². The third-order valence-corrected chi connectivity index (χ3v) is 9.00. The van der Waals surface area contributed by atoms with Crippen LogP contribution in [-0.4, -0.2) is 45.6 Å². The van der Waals surface area contributed by atoms with Crippen molar-refractivity contribution >= 4 is 33.5 Å². The van der Waals surface area contributed by atoms with E-state index in [-0.39, 0.29) is 6.17 Å². The fraction of sp³-hybridized carbons (Fsp3) is 0.444. The second-order valence-corrected chi connectivity index (χ2v) is 11.2. The van der Waals surface area contributed by atoms with Gasteiger partial charge in [-0.05, 0) is 74.9 Å². The highest BCUT2D eigenvalue weighted by Crippen LogP contribution is 2.46. The van der Waals surface area contributed by atoms with Gasteiger partial charge in [0.15, 0.2) is 6.17 Å². The van der Waals surface area contributed by atoms with E-state index in [4.69, 9.17) is 9.97 Å². The predicted molar refractivity (Wildman–Crippen MR) is 144 cm³/mol. The van der Waals surface area contributed by atoms with Gasteiger partial charge in [-0.1, -0.05) is 13.8 Å². The van der Waals surface area contributed by atoms with Crippen LogP contribution in [-0.2, 0) is 0 Å². The summed E-state index contributed by atoms with van der Waals surface area (Å²) in [7, 11) is 0. The molecule has 6 heterocycles. The lowest BCUT2D eigenvalue weighted by molar-refractivity contribution is 0.304. The van der Waals surface area contributed by atoms with Crippen LogP contribution in [0.1, 0.15) is 75.0 Å². The molecule has 0 bridgehead atoms. The standard InChI is InChI=1S/C27H33N7S/c1-14(2)21-22-17(5)24(19-10-29-25(30-11-19)18-6-8-28-9-7-18)35-27(22)33-23(21)20-12-34-26(31-13-32-34)16(4)15(20)3/h10-14,18,26,28,33H,6-9H2,1-5H3,(H,31,32). The number of hydrogen-bond donors (Lipinski definition) is 3. The molecule has 3 aliphatic heterocycles. The summed E-state index contributed by atoms with van der Waals surface area (Å²) in [6, 6.07) is 0. The number of fused-ring (bicyclic) bond motifs is 2. The van der Waals surface area contributed by atoms with Crippen molar-refractivity contribution in [2.24, 2.45) is 4.99 Å². The Labute approximate surface area is 210 Å². The van der Waals surface area contributed by atoms with E-state index in [1.54, 1.807) is 6.34 Å². The summed E-state index contributed by atoms with van der Waals surface area (Å²) in [6.45, 7) is 13.3. The van der Waals surface area contributed by atoms with Crippen LogP contribution >= 0.6 is 11.3 Å². The Bertz CT molecular complexity index is 1370. The number of aromatic amines is 1. The molecule has 3 N–H and O–H groups in total. The van der Waals surface area contributed by atoms with Crippen molar-refractivity contribution in [1.82, 2.24) is 30.7 Å². The van der Waals surface area contributed by atoms with Crippen LogP contribution in [0.2, 0.25) is 0 Å². The highest BCUT2D eigenvalue weighted by atomic mass is 32.1. The van der Waals surface area contributed by atoms with Gasteiger partial charge >= 0.3 is 0 Å². The van der Waals surface area contributed by atoms with E-state index in [9.17, 15) is 0 Å². The summed E-state index contributed by atoms with van der Waals surface area (Å²) in [5, 5.41) is 6.86. The lowest BCUT2D eigenvalue weighted by Gasteiger charge is -2.30. The molecule has 3 aromatic rings. The largest absolute Gasteiger partial charge is 0.346 e. The number of nitrogens with one attached hydrogen (secondary N) is 3. The second-order valence-electron chi connectivity index (χ2n) is 10.2. The van der Waals surface area contributed by atoms with Gasteiger partial charge in [0.1, 0.15) is 17.0 Å². The zero-order valence-electron chi connectivity index (χ0n) is 21.1. The van der Waals surface area contributed by atoms with Gasteiger partial charge in [0.25, 0.3) is 0 Å². The number of piperidine rings is 1. The molecule has 3 aliphatic rings. The minimum Gasteiger partial charge on any atom is -0.346 e. The molecule has 6 rings (SSSR count). The molecule has 1 atom stereocenters. The van der Waals surface area contributed by atoms with Crippen LogP contribution in [0.25, 0.3) is 26.2 Å². The quantitative estimate of drug-likeness (QED) is 0.456. The highest BCUT2D eigenvalue weighted by Gasteiger charge is 2.31. The van der Waals surface area contributed by atoms with Gasteiger partial charge in [-0.25, -0.2) is 15.0 Å². The SMILES string of the molecule is CC1=C(C)C2N=CNN2C=C1c1[nH]c2sc(-c3cnc(C4CCNCC4)nc3)c(C)c2c1C(C)C. The number of aliphatic imine (C=N–C) groups is 1. The van der Waals surface area contributed by atoms with Crippen LogP contribution in [0.5, 0.6) is 0 Å². The molecule has 0 radical (unpaired) electrons. The van der Waals surface area contributed by atoms with E-state index in [1.165, 1.54) is 48.6 Å². The van der Waals surface area contributed by atoms with E-state index in [0.717, 1.165) is 37.3 Å². The molecule has 3 aromatic heterocycles. The van der Waals surface area contributed by atoms with Gasteiger partial charge < -0.3 is 10.3 Å². The molecule has 1 fully saturated rings. The first-order valence-electron chi connectivity index (χ1n) is 12.6. The number of nitrogens with zero attached hydrogens (tertiary/aromatic N) is 4. The topological polar surface area (TPSA) is 81.2 Å². The maximum Gasteiger partial charge on any atom is 0.162 e. The number of thiophene rings is 1. The van der Waals surface area contributed by atoms with Gasteiger partial charge in [-0.15, -0.1) is 11.3 Å². The van der Waals surface area contributed by atoms with E-state index < -0.39 is 0 Å². The Hall–Kier alpha value is -2.97. The molecule has 0 aromatic carbocycles. The Morgan fingerprint density at radius 1 is 1.09 bits per heavy atom. The molecule has 1 saturated heterocycles. The number of rotatable bonds is 4. The number of H-pyrrole nitrogens is 1. The first-order chi connectivity index (χ1) is 16.9. The minimum atomic E-state index is 0.0542. The van der Waals surface area contributed by atoms with Crippen LogP contribution in [0, 0.1) is 6.92 Å². The van der Waals surface area contributed by atoms with Crippen molar-refractivity contribution in [3.8, 4) is 10.4 Å². The molecule has 0 spiro atoms. The third-order valence-electron chi connectivity index (χ3n) is 7.75. The first-order valence-corrected chi connectivity index (χ1v) is 13.4. The van der Waals surface area contributed by atoms with Crippen LogP contribution in [0.4, 0.5) is 0 Å². The average Bonchev–Trinajstić information content (AvgIpc) is 3.57. The fourth-order valence-corrected chi connectivity index (χ4v) is 6.88. The second kappa shape index (κ2) is 8.60. The summed E-state index contributed by atoms with van der Waals surface area (Å²) in [5.41, 5.74) is 12.1. The third kappa shape index (κ3) is 3.62. The van der Waals surface area contributed by atoms with Crippen molar-refractivity contribution in [1.29, 1.82) is 0 Å². The van der Waals surface area contributed by atoms with Crippen molar-refractivity contribution in [3.63, 3.8) is 0 Å². The molecular weight excluding hydrogens is 454 g/mol. The molecule has 0 aliphatic carbocycles. The van der Waals surface area contributed by atoms with Gasteiger partial charge in [0.05, 0.1) is 5.69 Å². The van der Waals surface area contributed by atoms with E-state index >= 15 is 0 Å². The van der Waals surface area contributed by atoms with E-state index in [1.807, 2.05) is 23.7 Å². The number of aryl methyl sites for hydroxylation is 1. The lowest BCUT2D eigenvalue weighted by atomic mass is 9.89. The maximum atomic E-state index is 4.79. The van der Waals surface area contributed by atoms with Crippen molar-refractivity contribution in [2.75, 3.05) is 13.1 Å². The zero-order valence-corrected chi connectivity index (χ0v) is 21.9. The van der Waals surface area contributed by atoms with E-state index in [2.05, 4.69) is 66.5 Å². The molecule has 0 amide bonds. The monoisotopic (exact) mass is 487 g/mol. The van der Waals surface area contributed by atoms with Gasteiger partial charge in [-0.3, -0.25) is 10.4 Å². The summed E-state index contributed by atoms with van der Waals surface area (Å²) >= 11 is 1.81. The summed E-state index contributed by atoms with van der Waals surface area (Å²) in [5.74, 6) is 1.84. The maximum absolute atomic E-state index is 4.79. The molecule has 1 unspecified atom stereocenters. The summed E-state index contributed by atoms with van der Waals surface area (Å²) in [6.07, 6.45) is 10.3. The van der Waals surface area contributed by atoms with Gasteiger partial charge in [-0.2, -0.15) is 0 Å². The number of aromatic nitrogens is 3. The summed E-state index contributed by atoms with van der Waals surface area (Å²) < 4.78 is 0. The van der Waals surface area contributed by atoms with Crippen LogP contribution < -0.4 is 10.7 Å². The number of hydrazine groups is 1. The van der Waals surface area contributed by atoms with Crippen molar-refractivity contribution in [3.05, 3.63) is 52.4 Å². The van der Waals surface area contributed by atoms with Crippen LogP contribution in [0.3, 0.4) is 0 Å². The minimum absolute atomic E-state index is 0.0542. The predicted octanol–water partition coefficient (Wildman–Crippen LogP) is 5.45. The van der Waals surface area contributed by atoms with E-state index in [0.29, 0.717) is 11.8 Å². The number of hydrogen-bond acceptors (Lipinski definition) is 7. The van der Waals surface area contributed by atoms with Gasteiger partial charge in [0, 0.05) is 45.9 Å². The Morgan fingerprint density at radius 2 is 1.83 bits per heavy atom. The molecule has 182 valence electrons. The molecule has 7 nitrogen and oxygen atoms in total. The van der Waals surface area contributed by atoms with Crippen LogP contribution in [0.15, 0.2) is 34.7 Å². The Morgan fingerprint density at radius 3 is 2.54 bits per heavy atom. The smallest absolute Gasteiger partial charge is 0.162 e. The normalized spacial score (nSPS) is 20.7. The highest BCUT2D eigenvalue weighted by molar-refractivity contribution is 7.22. The molecule has 0 saturated carbocycles.